The van der Waals surface area contributed by atoms with Crippen molar-refractivity contribution < 1.29 is 0 Å². The molecule has 1 fully saturated rings. The zero-order valence-electron chi connectivity index (χ0n) is 12.3. The smallest absolute Gasteiger partial charge is 0.138 e. The third-order valence-electron chi connectivity index (χ3n) is 3.66. The molecule has 108 valence electrons. The molecule has 0 bridgehead atoms. The summed E-state index contributed by atoms with van der Waals surface area (Å²) in [4.78, 5) is 4.79. The van der Waals surface area contributed by atoms with Crippen LogP contribution in [-0.4, -0.2) is 21.2 Å². The first-order valence-corrected chi connectivity index (χ1v) is 8.54. The largest absolute Gasteiger partial charge is 0.308 e. The quantitative estimate of drug-likeness (QED) is 0.788. The van der Waals surface area contributed by atoms with E-state index < -0.39 is 0 Å². The zero-order chi connectivity index (χ0) is 13.9. The molecule has 3 rings (SSSR count). The van der Waals surface area contributed by atoms with Gasteiger partial charge in [0.05, 0.1) is 5.69 Å². The molecule has 2 aromatic heterocycles. The Labute approximate surface area is 125 Å². The van der Waals surface area contributed by atoms with Gasteiger partial charge in [-0.3, -0.25) is 0 Å². The standard InChI is InChI=1S/C16H23N3S/c1-12(2)8-10-20-16-14(11-17-13-6-7-13)19-9-4-3-5-15(19)18-16/h3-5,9,12-13,17H,6-8,10-11H2,1-2H3. The van der Waals surface area contributed by atoms with Crippen molar-refractivity contribution >= 4 is 17.4 Å². The van der Waals surface area contributed by atoms with E-state index in [-0.39, 0.29) is 0 Å². The molecule has 1 aliphatic carbocycles. The second kappa shape index (κ2) is 6.19. The molecule has 1 saturated carbocycles. The van der Waals surface area contributed by atoms with Crippen LogP contribution in [0.25, 0.3) is 5.65 Å². The fourth-order valence-electron chi connectivity index (χ4n) is 2.22. The number of nitrogens with zero attached hydrogens (tertiary/aromatic N) is 2. The number of nitrogens with one attached hydrogen (secondary N) is 1. The topological polar surface area (TPSA) is 29.3 Å². The van der Waals surface area contributed by atoms with E-state index in [0.717, 1.165) is 29.9 Å². The summed E-state index contributed by atoms with van der Waals surface area (Å²) < 4.78 is 2.23. The molecule has 0 amide bonds. The lowest BCUT2D eigenvalue weighted by Gasteiger charge is -2.07. The molecule has 0 aromatic carbocycles. The SMILES string of the molecule is CC(C)CCSc1nc2ccccn2c1CNC1CC1. The minimum atomic E-state index is 0.734. The number of hydrogen-bond acceptors (Lipinski definition) is 3. The zero-order valence-corrected chi connectivity index (χ0v) is 13.1. The van der Waals surface area contributed by atoms with Gasteiger partial charge in [-0.25, -0.2) is 4.98 Å². The van der Waals surface area contributed by atoms with Crippen LogP contribution >= 0.6 is 11.8 Å². The molecule has 0 unspecified atom stereocenters. The van der Waals surface area contributed by atoms with Crippen LogP contribution in [-0.2, 0) is 6.54 Å². The van der Waals surface area contributed by atoms with Crippen LogP contribution in [0.5, 0.6) is 0 Å². The minimum absolute atomic E-state index is 0.734. The Bertz CT molecular complexity index is 572. The van der Waals surface area contributed by atoms with E-state index in [0.29, 0.717) is 0 Å². The van der Waals surface area contributed by atoms with Crippen molar-refractivity contribution in [1.29, 1.82) is 0 Å². The number of fused-ring (bicyclic) bond motifs is 1. The Morgan fingerprint density at radius 2 is 2.25 bits per heavy atom. The second-order valence-corrected chi connectivity index (χ2v) is 7.06. The average Bonchev–Trinajstić information content (AvgIpc) is 3.18. The van der Waals surface area contributed by atoms with Crippen LogP contribution in [0, 0.1) is 5.92 Å². The van der Waals surface area contributed by atoms with E-state index in [2.05, 4.69) is 48.0 Å². The Morgan fingerprint density at radius 3 is 3.00 bits per heavy atom. The predicted octanol–water partition coefficient (Wildman–Crippen LogP) is 3.72. The summed E-state index contributed by atoms with van der Waals surface area (Å²) in [6.07, 6.45) is 6.02. The van der Waals surface area contributed by atoms with E-state index in [1.807, 2.05) is 11.8 Å². The van der Waals surface area contributed by atoms with Crippen LogP contribution in [0.2, 0.25) is 0 Å². The second-order valence-electron chi connectivity index (χ2n) is 5.98. The number of pyridine rings is 1. The molecular weight excluding hydrogens is 266 g/mol. The van der Waals surface area contributed by atoms with Gasteiger partial charge in [0.25, 0.3) is 0 Å². The normalized spacial score (nSPS) is 15.3. The number of aromatic nitrogens is 2. The van der Waals surface area contributed by atoms with Gasteiger partial charge >= 0.3 is 0 Å². The number of thioether (sulfide) groups is 1. The Balaban J connectivity index is 1.78. The maximum Gasteiger partial charge on any atom is 0.138 e. The first kappa shape index (κ1) is 14.0. The lowest BCUT2D eigenvalue weighted by molar-refractivity contribution is 0.631. The highest BCUT2D eigenvalue weighted by atomic mass is 32.2. The van der Waals surface area contributed by atoms with E-state index in [9.17, 15) is 0 Å². The fourth-order valence-corrected chi connectivity index (χ4v) is 3.50. The summed E-state index contributed by atoms with van der Waals surface area (Å²) in [5.41, 5.74) is 2.38. The lowest BCUT2D eigenvalue weighted by atomic mass is 10.2. The molecule has 3 nitrogen and oxygen atoms in total. The van der Waals surface area contributed by atoms with Crippen LogP contribution in [0.15, 0.2) is 29.4 Å². The summed E-state index contributed by atoms with van der Waals surface area (Å²) in [7, 11) is 0. The molecule has 0 aliphatic heterocycles. The molecule has 0 radical (unpaired) electrons. The van der Waals surface area contributed by atoms with Gasteiger partial charge < -0.3 is 9.72 Å². The van der Waals surface area contributed by atoms with E-state index in [1.165, 1.54) is 30.0 Å². The summed E-state index contributed by atoms with van der Waals surface area (Å²) in [6, 6.07) is 6.96. The van der Waals surface area contributed by atoms with E-state index >= 15 is 0 Å². The molecule has 2 heterocycles. The summed E-state index contributed by atoms with van der Waals surface area (Å²) in [5, 5.41) is 4.82. The third kappa shape index (κ3) is 3.36. The fraction of sp³-hybridized carbons (Fsp3) is 0.562. The van der Waals surface area contributed by atoms with Gasteiger partial charge in [0, 0.05) is 18.8 Å². The number of rotatable bonds is 7. The van der Waals surface area contributed by atoms with Crippen molar-refractivity contribution in [2.75, 3.05) is 5.75 Å². The number of hydrogen-bond donors (Lipinski definition) is 1. The van der Waals surface area contributed by atoms with Crippen LogP contribution in [0.4, 0.5) is 0 Å². The highest BCUT2D eigenvalue weighted by Crippen LogP contribution is 2.26. The van der Waals surface area contributed by atoms with Gasteiger partial charge in [-0.15, -0.1) is 11.8 Å². The Morgan fingerprint density at radius 1 is 1.40 bits per heavy atom. The molecule has 20 heavy (non-hydrogen) atoms. The molecule has 2 aromatic rings. The third-order valence-corrected chi connectivity index (χ3v) is 4.70. The van der Waals surface area contributed by atoms with Crippen molar-refractivity contribution in [3.63, 3.8) is 0 Å². The molecular formula is C16H23N3S. The van der Waals surface area contributed by atoms with Crippen LogP contribution < -0.4 is 5.32 Å². The highest BCUT2D eigenvalue weighted by molar-refractivity contribution is 7.99. The predicted molar refractivity (Wildman–Crippen MR) is 85.2 cm³/mol. The molecule has 1 N–H and O–H groups in total. The average molecular weight is 289 g/mol. The van der Waals surface area contributed by atoms with Crippen LogP contribution in [0.3, 0.4) is 0 Å². The van der Waals surface area contributed by atoms with Gasteiger partial charge in [0.2, 0.25) is 0 Å². The van der Waals surface area contributed by atoms with Gasteiger partial charge in [0.1, 0.15) is 10.7 Å². The van der Waals surface area contributed by atoms with Crippen molar-refractivity contribution in [1.82, 2.24) is 14.7 Å². The van der Waals surface area contributed by atoms with Crippen molar-refractivity contribution in [3.05, 3.63) is 30.1 Å². The molecule has 0 saturated heterocycles. The first-order chi connectivity index (χ1) is 9.74. The summed E-state index contributed by atoms with van der Waals surface area (Å²) in [6.45, 7) is 5.49. The van der Waals surface area contributed by atoms with Gasteiger partial charge in [-0.1, -0.05) is 19.9 Å². The van der Waals surface area contributed by atoms with Crippen molar-refractivity contribution in [3.8, 4) is 0 Å². The summed E-state index contributed by atoms with van der Waals surface area (Å²) in [5.74, 6) is 1.91. The van der Waals surface area contributed by atoms with Crippen molar-refractivity contribution in [2.24, 2.45) is 5.92 Å². The molecule has 0 spiro atoms. The molecule has 1 aliphatic rings. The highest BCUT2D eigenvalue weighted by Gasteiger charge is 2.22. The van der Waals surface area contributed by atoms with Gasteiger partial charge in [0.15, 0.2) is 0 Å². The van der Waals surface area contributed by atoms with E-state index in [4.69, 9.17) is 4.98 Å². The van der Waals surface area contributed by atoms with Gasteiger partial charge in [-0.2, -0.15) is 0 Å². The van der Waals surface area contributed by atoms with Crippen molar-refractivity contribution in [2.45, 2.75) is 50.7 Å². The first-order valence-electron chi connectivity index (χ1n) is 7.56. The number of imidazole rings is 1. The Kier molecular flexibility index (Phi) is 4.32. The molecule has 4 heteroatoms. The summed E-state index contributed by atoms with van der Waals surface area (Å²) >= 11 is 1.90. The molecule has 0 atom stereocenters. The Hall–Kier alpha value is -1.00. The maximum absolute atomic E-state index is 4.79. The minimum Gasteiger partial charge on any atom is -0.308 e. The monoisotopic (exact) mass is 289 g/mol. The van der Waals surface area contributed by atoms with E-state index in [1.54, 1.807) is 0 Å². The lowest BCUT2D eigenvalue weighted by Crippen LogP contribution is -2.17. The van der Waals surface area contributed by atoms with Gasteiger partial charge in [-0.05, 0) is 43.1 Å². The van der Waals surface area contributed by atoms with Crippen LogP contribution in [0.1, 0.15) is 38.8 Å². The maximum atomic E-state index is 4.79.